The van der Waals surface area contributed by atoms with E-state index in [1.807, 2.05) is 18.7 Å². The highest BCUT2D eigenvalue weighted by Crippen LogP contribution is 2.39. The smallest absolute Gasteiger partial charge is 0.247 e. The van der Waals surface area contributed by atoms with Crippen molar-refractivity contribution >= 4 is 11.8 Å². The van der Waals surface area contributed by atoms with Gasteiger partial charge in [0.05, 0.1) is 6.04 Å². The predicted octanol–water partition coefficient (Wildman–Crippen LogP) is 6.17. The van der Waals surface area contributed by atoms with Crippen molar-refractivity contribution in [3.63, 3.8) is 0 Å². The molecule has 2 aliphatic carbocycles. The molecule has 0 aromatic heterocycles. The zero-order valence-corrected chi connectivity index (χ0v) is 23.3. The third-order valence-electron chi connectivity index (χ3n) is 7.43. The zero-order valence-electron chi connectivity index (χ0n) is 23.3. The Balaban J connectivity index is 0.000000926. The molecule has 3 aliphatic rings. The molecule has 0 aromatic rings. The highest BCUT2D eigenvalue weighted by atomic mass is 16.2. The molecule has 0 aromatic carbocycles. The molecule has 5 heteroatoms. The summed E-state index contributed by atoms with van der Waals surface area (Å²) in [6.45, 7) is 25.3. The number of amides is 2. The second kappa shape index (κ2) is 15.3. The lowest BCUT2D eigenvalue weighted by molar-refractivity contribution is -0.146. The number of nitrogens with one attached hydrogen (secondary N) is 2. The average Bonchev–Trinajstić information content (AvgIpc) is 2.77. The zero-order chi connectivity index (χ0) is 26.6. The maximum absolute atomic E-state index is 13.3. The molecule has 2 unspecified atom stereocenters. The van der Waals surface area contributed by atoms with Gasteiger partial charge in [0.15, 0.2) is 0 Å². The fourth-order valence-electron chi connectivity index (χ4n) is 5.32. The number of allylic oxidation sites excluding steroid dienone is 1. The van der Waals surface area contributed by atoms with Crippen molar-refractivity contribution in [1.29, 1.82) is 0 Å². The monoisotopic (exact) mass is 487 g/mol. The van der Waals surface area contributed by atoms with E-state index in [0.717, 1.165) is 51.5 Å². The molecule has 35 heavy (non-hydrogen) atoms. The van der Waals surface area contributed by atoms with Gasteiger partial charge in [-0.3, -0.25) is 9.59 Å². The van der Waals surface area contributed by atoms with Crippen LogP contribution >= 0.6 is 0 Å². The van der Waals surface area contributed by atoms with Crippen molar-refractivity contribution in [2.75, 3.05) is 6.54 Å². The van der Waals surface area contributed by atoms with Crippen molar-refractivity contribution in [2.24, 2.45) is 11.3 Å². The Morgan fingerprint density at radius 2 is 1.49 bits per heavy atom. The molecule has 1 aliphatic heterocycles. The van der Waals surface area contributed by atoms with Crippen LogP contribution in [0.4, 0.5) is 0 Å². The van der Waals surface area contributed by atoms with Gasteiger partial charge in [0.2, 0.25) is 11.8 Å². The van der Waals surface area contributed by atoms with Gasteiger partial charge >= 0.3 is 0 Å². The van der Waals surface area contributed by atoms with Gasteiger partial charge in [0.1, 0.15) is 6.04 Å². The van der Waals surface area contributed by atoms with Crippen LogP contribution in [0.1, 0.15) is 98.8 Å². The SMILES string of the molecule is C=C.C=C(C)C.C=CC(C(=O)NC1CCCCC1)N(C(=O)C1CCN1)C1CCC(C(C)(C)C)CC1. The minimum atomic E-state index is -0.567. The molecule has 200 valence electrons. The molecule has 2 saturated carbocycles. The fraction of sp³-hybridized carbons (Fsp3) is 0.733. The van der Waals surface area contributed by atoms with E-state index in [-0.39, 0.29) is 29.9 Å². The van der Waals surface area contributed by atoms with E-state index in [2.05, 4.69) is 57.7 Å². The van der Waals surface area contributed by atoms with E-state index in [0.29, 0.717) is 11.3 Å². The van der Waals surface area contributed by atoms with E-state index in [9.17, 15) is 9.59 Å². The number of rotatable bonds is 6. The average molecular weight is 488 g/mol. The Bertz CT molecular complexity index is 674. The number of hydrogen-bond acceptors (Lipinski definition) is 3. The second-order valence-corrected chi connectivity index (χ2v) is 11.6. The van der Waals surface area contributed by atoms with E-state index in [1.165, 1.54) is 24.8 Å². The molecular formula is C30H53N3O2. The van der Waals surface area contributed by atoms with Gasteiger partial charge in [-0.1, -0.05) is 51.7 Å². The van der Waals surface area contributed by atoms with Gasteiger partial charge < -0.3 is 15.5 Å². The summed E-state index contributed by atoms with van der Waals surface area (Å²) in [7, 11) is 0. The topological polar surface area (TPSA) is 61.4 Å². The number of carbonyl (C=O) groups excluding carboxylic acids is 2. The molecule has 3 fully saturated rings. The Labute approximate surface area is 215 Å². The highest BCUT2D eigenvalue weighted by Gasteiger charge is 2.41. The molecule has 0 bridgehead atoms. The first-order valence-corrected chi connectivity index (χ1v) is 13.6. The second-order valence-electron chi connectivity index (χ2n) is 11.6. The standard InChI is InChI=1S/C24H41N3O2.C4H8.C2H4/c1-5-21(22(28)26-18-9-7-6-8-10-18)27(23(29)20-15-16-25-20)19-13-11-17(12-14-19)24(2,3)4;1-4(2)3;1-2/h5,17-21,25H,1,6-16H2,2-4H3,(H,26,28);1H2,2-3H3;1-2H2. The van der Waals surface area contributed by atoms with E-state index in [1.54, 1.807) is 6.08 Å². The number of nitrogens with zero attached hydrogens (tertiary/aromatic N) is 1. The van der Waals surface area contributed by atoms with Crippen molar-refractivity contribution < 1.29 is 9.59 Å². The summed E-state index contributed by atoms with van der Waals surface area (Å²) >= 11 is 0. The van der Waals surface area contributed by atoms with E-state index < -0.39 is 6.04 Å². The van der Waals surface area contributed by atoms with E-state index >= 15 is 0 Å². The van der Waals surface area contributed by atoms with Gasteiger partial charge in [-0.2, -0.15) is 0 Å². The van der Waals surface area contributed by atoms with Gasteiger partial charge in [-0.25, -0.2) is 0 Å². The molecule has 0 spiro atoms. The number of carbonyl (C=O) groups is 2. The maximum Gasteiger partial charge on any atom is 0.247 e. The molecule has 3 rings (SSSR count). The third-order valence-corrected chi connectivity index (χ3v) is 7.43. The first kappa shape index (κ1) is 31.2. The van der Waals surface area contributed by atoms with Gasteiger partial charge in [0, 0.05) is 12.1 Å². The molecule has 2 N–H and O–H groups in total. The molecule has 1 heterocycles. The molecule has 0 radical (unpaired) electrons. The first-order chi connectivity index (χ1) is 16.5. The normalized spacial score (nSPS) is 25.2. The summed E-state index contributed by atoms with van der Waals surface area (Å²) in [4.78, 5) is 28.4. The van der Waals surface area contributed by atoms with Crippen molar-refractivity contribution in [1.82, 2.24) is 15.5 Å². The predicted molar refractivity (Wildman–Crippen MR) is 149 cm³/mol. The summed E-state index contributed by atoms with van der Waals surface area (Å²) < 4.78 is 0. The van der Waals surface area contributed by atoms with Crippen LogP contribution in [0.25, 0.3) is 0 Å². The summed E-state index contributed by atoms with van der Waals surface area (Å²) in [6.07, 6.45) is 12.4. The summed E-state index contributed by atoms with van der Waals surface area (Å²) in [5, 5.41) is 6.47. The van der Waals surface area contributed by atoms with E-state index in [4.69, 9.17) is 0 Å². The number of hydrogen-bond donors (Lipinski definition) is 2. The minimum Gasteiger partial charge on any atom is -0.351 e. The van der Waals surface area contributed by atoms with Crippen molar-refractivity contribution in [2.45, 2.75) is 123 Å². The lowest BCUT2D eigenvalue weighted by Crippen LogP contribution is -2.62. The lowest BCUT2D eigenvalue weighted by atomic mass is 9.71. The highest BCUT2D eigenvalue weighted by molar-refractivity contribution is 5.92. The van der Waals surface area contributed by atoms with Crippen LogP contribution < -0.4 is 10.6 Å². The van der Waals surface area contributed by atoms with Crippen LogP contribution in [0.2, 0.25) is 0 Å². The van der Waals surface area contributed by atoms with Gasteiger partial charge in [0.25, 0.3) is 0 Å². The quantitative estimate of drug-likeness (QED) is 0.440. The molecular weight excluding hydrogens is 434 g/mol. The van der Waals surface area contributed by atoms with Crippen LogP contribution in [0.15, 0.2) is 38.0 Å². The fourth-order valence-corrected chi connectivity index (χ4v) is 5.32. The van der Waals surface area contributed by atoms with Crippen molar-refractivity contribution in [3.05, 3.63) is 38.0 Å². The Morgan fingerprint density at radius 1 is 0.971 bits per heavy atom. The molecule has 2 atom stereocenters. The van der Waals surface area contributed by atoms with Gasteiger partial charge in [-0.05, 0) is 76.7 Å². The lowest BCUT2D eigenvalue weighted by Gasteiger charge is -2.45. The minimum absolute atomic E-state index is 0.0440. The van der Waals surface area contributed by atoms with Crippen LogP contribution in [0.3, 0.4) is 0 Å². The van der Waals surface area contributed by atoms with Crippen LogP contribution in [0.5, 0.6) is 0 Å². The molecule has 1 saturated heterocycles. The third kappa shape index (κ3) is 9.95. The molecule has 5 nitrogen and oxygen atoms in total. The Morgan fingerprint density at radius 3 is 1.89 bits per heavy atom. The summed E-state index contributed by atoms with van der Waals surface area (Å²) in [5.41, 5.74) is 1.46. The summed E-state index contributed by atoms with van der Waals surface area (Å²) in [6, 6.07) is -0.332. The first-order valence-electron chi connectivity index (χ1n) is 13.6. The summed E-state index contributed by atoms with van der Waals surface area (Å²) in [5.74, 6) is 0.715. The van der Waals surface area contributed by atoms with Crippen LogP contribution in [0, 0.1) is 11.3 Å². The Hall–Kier alpha value is -1.88. The maximum atomic E-state index is 13.3. The van der Waals surface area contributed by atoms with Crippen LogP contribution in [-0.4, -0.2) is 47.4 Å². The molecule has 2 amide bonds. The van der Waals surface area contributed by atoms with Gasteiger partial charge in [-0.15, -0.1) is 26.3 Å². The largest absolute Gasteiger partial charge is 0.351 e. The van der Waals surface area contributed by atoms with Crippen LogP contribution in [-0.2, 0) is 9.59 Å². The van der Waals surface area contributed by atoms with Crippen molar-refractivity contribution in [3.8, 4) is 0 Å². The Kier molecular flexibility index (Phi) is 13.6.